The van der Waals surface area contributed by atoms with E-state index in [0.29, 0.717) is 12.5 Å². The van der Waals surface area contributed by atoms with Gasteiger partial charge in [-0.05, 0) is 23.6 Å². The maximum atomic E-state index is 5.40. The molecule has 1 saturated heterocycles. The molecule has 1 aromatic rings. The Hall–Kier alpha value is -1.26. The van der Waals surface area contributed by atoms with Crippen LogP contribution >= 0.6 is 24.0 Å². The van der Waals surface area contributed by atoms with E-state index in [-0.39, 0.29) is 24.0 Å². The number of aliphatic imine (C=N–C) groups is 1. The quantitative estimate of drug-likeness (QED) is 0.329. The molecule has 0 aliphatic carbocycles. The first kappa shape index (κ1) is 23.8. The average Bonchev–Trinajstić information content (AvgIpc) is 2.68. The van der Waals surface area contributed by atoms with E-state index in [1.807, 2.05) is 18.2 Å². The molecule has 1 atom stereocenters. The molecule has 0 radical (unpaired) electrons. The van der Waals surface area contributed by atoms with E-state index in [1.165, 1.54) is 0 Å². The predicted octanol–water partition coefficient (Wildman–Crippen LogP) is 1.96. The summed E-state index contributed by atoms with van der Waals surface area (Å²) >= 11 is 0. The highest BCUT2D eigenvalue weighted by atomic mass is 127. The fourth-order valence-electron chi connectivity index (χ4n) is 2.96. The van der Waals surface area contributed by atoms with Gasteiger partial charge in [-0.2, -0.15) is 0 Å². The molecule has 1 fully saturated rings. The van der Waals surface area contributed by atoms with Crippen molar-refractivity contribution in [1.29, 1.82) is 0 Å². The number of guanidine groups is 1. The number of benzene rings is 1. The van der Waals surface area contributed by atoms with E-state index in [1.54, 1.807) is 21.3 Å². The number of nitrogens with one attached hydrogen (secondary N) is 2. The van der Waals surface area contributed by atoms with Crippen molar-refractivity contribution in [2.24, 2.45) is 10.9 Å². The summed E-state index contributed by atoms with van der Waals surface area (Å²) in [4.78, 5) is 6.76. The third-order valence-corrected chi connectivity index (χ3v) is 4.42. The molecule has 1 aliphatic heterocycles. The zero-order valence-corrected chi connectivity index (χ0v) is 19.1. The lowest BCUT2D eigenvalue weighted by Gasteiger charge is -2.29. The zero-order valence-electron chi connectivity index (χ0n) is 16.8. The van der Waals surface area contributed by atoms with Gasteiger partial charge in [0.25, 0.3) is 0 Å². The number of nitrogens with zero attached hydrogens (tertiary/aromatic N) is 2. The Balaban J connectivity index is 0.00000364. The molecule has 0 spiro atoms. The monoisotopic (exact) mass is 492 g/mol. The van der Waals surface area contributed by atoms with E-state index < -0.39 is 0 Å². The maximum absolute atomic E-state index is 5.40. The minimum Gasteiger partial charge on any atom is -0.493 e. The smallest absolute Gasteiger partial charge is 0.191 e. The minimum absolute atomic E-state index is 0. The maximum Gasteiger partial charge on any atom is 0.191 e. The second kappa shape index (κ2) is 13.0. The van der Waals surface area contributed by atoms with Gasteiger partial charge in [0.2, 0.25) is 0 Å². The van der Waals surface area contributed by atoms with Gasteiger partial charge in [0, 0.05) is 39.8 Å². The summed E-state index contributed by atoms with van der Waals surface area (Å²) in [5.41, 5.74) is 1.10. The number of ether oxygens (including phenoxy) is 3. The van der Waals surface area contributed by atoms with Gasteiger partial charge in [0.1, 0.15) is 0 Å². The summed E-state index contributed by atoms with van der Waals surface area (Å²) in [6.45, 7) is 8.60. The van der Waals surface area contributed by atoms with Crippen LogP contribution in [-0.4, -0.2) is 71.5 Å². The zero-order chi connectivity index (χ0) is 18.8. The summed E-state index contributed by atoms with van der Waals surface area (Å²) in [5, 5.41) is 6.75. The number of hydrogen-bond donors (Lipinski definition) is 2. The molecule has 1 heterocycles. The second-order valence-corrected chi connectivity index (χ2v) is 6.51. The summed E-state index contributed by atoms with van der Waals surface area (Å²) in [7, 11) is 5.07. The molecule has 8 heteroatoms. The Morgan fingerprint density at radius 2 is 1.89 bits per heavy atom. The van der Waals surface area contributed by atoms with Crippen molar-refractivity contribution in [3.8, 4) is 11.5 Å². The van der Waals surface area contributed by atoms with Gasteiger partial charge in [-0.1, -0.05) is 13.0 Å². The summed E-state index contributed by atoms with van der Waals surface area (Å²) in [5.74, 6) is 2.80. The largest absolute Gasteiger partial charge is 0.493 e. The van der Waals surface area contributed by atoms with Crippen molar-refractivity contribution in [2.45, 2.75) is 13.5 Å². The van der Waals surface area contributed by atoms with Gasteiger partial charge in [-0.3, -0.25) is 9.89 Å². The van der Waals surface area contributed by atoms with Crippen molar-refractivity contribution >= 4 is 29.9 Å². The average molecular weight is 492 g/mol. The molecule has 0 aromatic heterocycles. The lowest BCUT2D eigenvalue weighted by Crippen LogP contribution is -2.43. The van der Waals surface area contributed by atoms with E-state index in [9.17, 15) is 0 Å². The Labute approximate surface area is 179 Å². The van der Waals surface area contributed by atoms with Crippen LogP contribution in [0.5, 0.6) is 11.5 Å². The molecule has 2 rings (SSSR count). The number of methoxy groups -OCH3 is 2. The third-order valence-electron chi connectivity index (χ3n) is 4.42. The molecule has 0 amide bonds. The van der Waals surface area contributed by atoms with E-state index in [0.717, 1.165) is 62.4 Å². The van der Waals surface area contributed by atoms with Gasteiger partial charge in [0.05, 0.1) is 27.4 Å². The normalized spacial score (nSPS) is 16.2. The van der Waals surface area contributed by atoms with Gasteiger partial charge in [-0.15, -0.1) is 24.0 Å². The minimum atomic E-state index is 0. The first-order chi connectivity index (χ1) is 12.7. The molecule has 0 bridgehead atoms. The number of rotatable bonds is 8. The fraction of sp³-hybridized carbons (Fsp3) is 0.632. The SMILES string of the molecule is CN=C(NCc1ccc(OC)c(OC)c1)NCC(C)CN1CCOCC1.I. The number of halogens is 1. The predicted molar refractivity (Wildman–Crippen MR) is 120 cm³/mol. The van der Waals surface area contributed by atoms with Crippen LogP contribution in [0, 0.1) is 5.92 Å². The molecular formula is C19H33IN4O3. The third kappa shape index (κ3) is 8.10. The Kier molecular flexibility index (Phi) is 11.5. The number of morpholine rings is 1. The molecule has 1 aromatic carbocycles. The van der Waals surface area contributed by atoms with Crippen LogP contribution in [0.25, 0.3) is 0 Å². The van der Waals surface area contributed by atoms with Crippen molar-refractivity contribution in [1.82, 2.24) is 15.5 Å². The molecule has 154 valence electrons. The Morgan fingerprint density at radius 3 is 2.52 bits per heavy atom. The molecule has 1 aliphatic rings. The van der Waals surface area contributed by atoms with Crippen LogP contribution < -0.4 is 20.1 Å². The topological polar surface area (TPSA) is 67.4 Å². The molecule has 7 nitrogen and oxygen atoms in total. The molecule has 2 N–H and O–H groups in total. The van der Waals surface area contributed by atoms with Crippen molar-refractivity contribution in [3.63, 3.8) is 0 Å². The first-order valence-corrected chi connectivity index (χ1v) is 9.11. The van der Waals surface area contributed by atoms with Crippen molar-refractivity contribution in [3.05, 3.63) is 23.8 Å². The summed E-state index contributed by atoms with van der Waals surface area (Å²) < 4.78 is 16.0. The van der Waals surface area contributed by atoms with Crippen LogP contribution in [0.3, 0.4) is 0 Å². The van der Waals surface area contributed by atoms with Crippen LogP contribution in [0.4, 0.5) is 0 Å². The van der Waals surface area contributed by atoms with Crippen LogP contribution in [0.2, 0.25) is 0 Å². The molecular weight excluding hydrogens is 459 g/mol. The van der Waals surface area contributed by atoms with E-state index in [2.05, 4.69) is 27.4 Å². The standard InChI is InChI=1S/C19H32N4O3.HI/c1-15(14-23-7-9-26-10-8-23)12-21-19(20-2)22-13-16-5-6-17(24-3)18(11-16)25-4;/h5-6,11,15H,7-10,12-14H2,1-4H3,(H2,20,21,22);1H. The van der Waals surface area contributed by atoms with Crippen molar-refractivity contribution < 1.29 is 14.2 Å². The van der Waals surface area contributed by atoms with E-state index in [4.69, 9.17) is 14.2 Å². The highest BCUT2D eigenvalue weighted by Gasteiger charge is 2.14. The Morgan fingerprint density at radius 1 is 1.19 bits per heavy atom. The highest BCUT2D eigenvalue weighted by molar-refractivity contribution is 14.0. The van der Waals surface area contributed by atoms with Crippen LogP contribution in [0.1, 0.15) is 12.5 Å². The van der Waals surface area contributed by atoms with Gasteiger partial charge >= 0.3 is 0 Å². The van der Waals surface area contributed by atoms with Crippen molar-refractivity contribution in [2.75, 3.05) is 60.7 Å². The lowest BCUT2D eigenvalue weighted by atomic mass is 10.1. The number of hydrogen-bond acceptors (Lipinski definition) is 5. The summed E-state index contributed by atoms with van der Waals surface area (Å²) in [6, 6.07) is 5.90. The van der Waals surface area contributed by atoms with Gasteiger partial charge < -0.3 is 24.8 Å². The summed E-state index contributed by atoms with van der Waals surface area (Å²) in [6.07, 6.45) is 0. The molecule has 1 unspecified atom stereocenters. The van der Waals surface area contributed by atoms with Gasteiger partial charge in [0.15, 0.2) is 17.5 Å². The highest BCUT2D eigenvalue weighted by Crippen LogP contribution is 2.27. The second-order valence-electron chi connectivity index (χ2n) is 6.51. The molecule has 27 heavy (non-hydrogen) atoms. The fourth-order valence-corrected chi connectivity index (χ4v) is 2.96. The van der Waals surface area contributed by atoms with E-state index >= 15 is 0 Å². The molecule has 0 saturated carbocycles. The first-order valence-electron chi connectivity index (χ1n) is 9.11. The van der Waals surface area contributed by atoms with Crippen LogP contribution in [0.15, 0.2) is 23.2 Å². The lowest BCUT2D eigenvalue weighted by molar-refractivity contribution is 0.0320. The Bertz CT molecular complexity index is 580. The van der Waals surface area contributed by atoms with Gasteiger partial charge in [-0.25, -0.2) is 0 Å². The van der Waals surface area contributed by atoms with Crippen LogP contribution in [-0.2, 0) is 11.3 Å².